The zero-order chi connectivity index (χ0) is 17.1. The van der Waals surface area contributed by atoms with Crippen molar-refractivity contribution in [2.24, 2.45) is 5.92 Å². The quantitative estimate of drug-likeness (QED) is 0.879. The highest BCUT2D eigenvalue weighted by atomic mass is 16.6. The van der Waals surface area contributed by atoms with Gasteiger partial charge < -0.3 is 20.1 Å². The van der Waals surface area contributed by atoms with Gasteiger partial charge in [-0.15, -0.1) is 0 Å². The molecule has 0 bridgehead atoms. The Balaban J connectivity index is 1.39. The fourth-order valence-electron chi connectivity index (χ4n) is 3.10. The molecule has 1 aliphatic carbocycles. The van der Waals surface area contributed by atoms with Crippen molar-refractivity contribution in [1.29, 1.82) is 0 Å². The fourth-order valence-corrected chi connectivity index (χ4v) is 3.10. The molecular formula is C19H21N3O3. The van der Waals surface area contributed by atoms with Crippen molar-refractivity contribution in [3.8, 4) is 11.5 Å². The van der Waals surface area contributed by atoms with Crippen LogP contribution in [0.1, 0.15) is 30.0 Å². The Labute approximate surface area is 146 Å². The predicted octanol–water partition coefficient (Wildman–Crippen LogP) is 2.80. The largest absolute Gasteiger partial charge is 0.486 e. The van der Waals surface area contributed by atoms with Gasteiger partial charge in [0.15, 0.2) is 11.5 Å². The van der Waals surface area contributed by atoms with Crippen molar-refractivity contribution < 1.29 is 14.3 Å². The summed E-state index contributed by atoms with van der Waals surface area (Å²) in [5.41, 5.74) is 1.96. The number of amides is 2. The highest BCUT2D eigenvalue weighted by Crippen LogP contribution is 2.40. The number of aromatic nitrogens is 1. The number of para-hydroxylation sites is 1. The highest BCUT2D eigenvalue weighted by molar-refractivity contribution is 5.74. The summed E-state index contributed by atoms with van der Waals surface area (Å²) >= 11 is 0. The number of hydrogen-bond donors (Lipinski definition) is 2. The molecule has 2 N–H and O–H groups in total. The third-order valence-corrected chi connectivity index (χ3v) is 4.51. The first-order chi connectivity index (χ1) is 12.3. The summed E-state index contributed by atoms with van der Waals surface area (Å²) in [5.74, 6) is 1.95. The minimum atomic E-state index is -0.185. The molecule has 1 aliphatic heterocycles. The molecule has 0 radical (unpaired) electrons. The third kappa shape index (κ3) is 3.68. The Bertz CT molecular complexity index is 747. The van der Waals surface area contributed by atoms with Crippen LogP contribution >= 0.6 is 0 Å². The van der Waals surface area contributed by atoms with E-state index in [1.807, 2.05) is 36.5 Å². The Morgan fingerprint density at radius 1 is 1.20 bits per heavy atom. The number of benzene rings is 1. The molecule has 6 nitrogen and oxygen atoms in total. The SMILES string of the molecule is O=C(NCc1cccc2c1OCCO2)NC(c1cccnc1)C1CC1. The number of pyridine rings is 1. The second-order valence-corrected chi connectivity index (χ2v) is 6.37. The minimum absolute atomic E-state index is 0.0120. The molecule has 1 atom stereocenters. The zero-order valence-corrected chi connectivity index (χ0v) is 13.9. The predicted molar refractivity (Wildman–Crippen MR) is 92.5 cm³/mol. The molecule has 130 valence electrons. The van der Waals surface area contributed by atoms with Gasteiger partial charge in [0.1, 0.15) is 13.2 Å². The van der Waals surface area contributed by atoms with Gasteiger partial charge in [0.25, 0.3) is 0 Å². The fraction of sp³-hybridized carbons (Fsp3) is 0.368. The molecule has 1 unspecified atom stereocenters. The summed E-state index contributed by atoms with van der Waals surface area (Å²) in [6.45, 7) is 1.47. The van der Waals surface area contributed by atoms with Crippen molar-refractivity contribution in [3.63, 3.8) is 0 Å². The van der Waals surface area contributed by atoms with Gasteiger partial charge in [-0.25, -0.2) is 4.79 Å². The van der Waals surface area contributed by atoms with Crippen LogP contribution in [-0.4, -0.2) is 24.2 Å². The van der Waals surface area contributed by atoms with E-state index in [1.54, 1.807) is 6.20 Å². The number of nitrogens with one attached hydrogen (secondary N) is 2. The van der Waals surface area contributed by atoms with E-state index in [-0.39, 0.29) is 12.1 Å². The van der Waals surface area contributed by atoms with Crippen LogP contribution in [0.3, 0.4) is 0 Å². The monoisotopic (exact) mass is 339 g/mol. The van der Waals surface area contributed by atoms with Gasteiger partial charge in [-0.3, -0.25) is 4.98 Å². The van der Waals surface area contributed by atoms with Gasteiger partial charge in [0.05, 0.1) is 6.04 Å². The van der Waals surface area contributed by atoms with E-state index in [0.717, 1.165) is 35.5 Å². The van der Waals surface area contributed by atoms with Gasteiger partial charge in [0, 0.05) is 24.5 Å². The van der Waals surface area contributed by atoms with Crippen LogP contribution in [0.2, 0.25) is 0 Å². The van der Waals surface area contributed by atoms with Crippen LogP contribution in [0.4, 0.5) is 4.79 Å². The van der Waals surface area contributed by atoms with E-state index in [9.17, 15) is 4.79 Å². The maximum absolute atomic E-state index is 12.4. The summed E-state index contributed by atoms with van der Waals surface area (Å²) in [6, 6.07) is 9.46. The first-order valence-electron chi connectivity index (χ1n) is 8.63. The molecule has 2 amide bonds. The summed E-state index contributed by atoms with van der Waals surface area (Å²) in [7, 11) is 0. The molecular weight excluding hydrogens is 318 g/mol. The molecule has 6 heteroatoms. The van der Waals surface area contributed by atoms with E-state index >= 15 is 0 Å². The number of carbonyl (C=O) groups excluding carboxylic acids is 1. The summed E-state index contributed by atoms with van der Waals surface area (Å²) < 4.78 is 11.3. The summed E-state index contributed by atoms with van der Waals surface area (Å²) in [6.07, 6.45) is 5.84. The van der Waals surface area contributed by atoms with Crippen molar-refractivity contribution >= 4 is 6.03 Å². The van der Waals surface area contributed by atoms with Gasteiger partial charge in [-0.1, -0.05) is 18.2 Å². The zero-order valence-electron chi connectivity index (χ0n) is 13.9. The molecule has 4 rings (SSSR count). The Morgan fingerprint density at radius 3 is 2.88 bits per heavy atom. The maximum atomic E-state index is 12.4. The molecule has 1 fully saturated rings. The second-order valence-electron chi connectivity index (χ2n) is 6.37. The molecule has 2 heterocycles. The number of fused-ring (bicyclic) bond motifs is 1. The lowest BCUT2D eigenvalue weighted by atomic mass is 10.1. The van der Waals surface area contributed by atoms with E-state index < -0.39 is 0 Å². The van der Waals surface area contributed by atoms with Gasteiger partial charge in [0.2, 0.25) is 0 Å². The van der Waals surface area contributed by atoms with Crippen molar-refractivity contribution in [2.45, 2.75) is 25.4 Å². The van der Waals surface area contributed by atoms with Crippen LogP contribution in [0.5, 0.6) is 11.5 Å². The van der Waals surface area contributed by atoms with Gasteiger partial charge in [-0.2, -0.15) is 0 Å². The van der Waals surface area contributed by atoms with Crippen LogP contribution in [-0.2, 0) is 6.54 Å². The minimum Gasteiger partial charge on any atom is -0.486 e. The first-order valence-corrected chi connectivity index (χ1v) is 8.63. The Morgan fingerprint density at radius 2 is 2.08 bits per heavy atom. The van der Waals surface area contributed by atoms with E-state index in [4.69, 9.17) is 9.47 Å². The third-order valence-electron chi connectivity index (χ3n) is 4.51. The number of hydrogen-bond acceptors (Lipinski definition) is 4. The topological polar surface area (TPSA) is 72.5 Å². The number of urea groups is 1. The molecule has 0 spiro atoms. The van der Waals surface area contributed by atoms with E-state index in [2.05, 4.69) is 15.6 Å². The first kappa shape index (κ1) is 15.7. The summed E-state index contributed by atoms with van der Waals surface area (Å²) in [4.78, 5) is 16.5. The molecule has 25 heavy (non-hydrogen) atoms. The summed E-state index contributed by atoms with van der Waals surface area (Å²) in [5, 5.41) is 6.01. The number of rotatable bonds is 5. The number of nitrogens with zero attached hydrogens (tertiary/aromatic N) is 1. The Hall–Kier alpha value is -2.76. The van der Waals surface area contributed by atoms with Crippen LogP contribution in [0.15, 0.2) is 42.7 Å². The van der Waals surface area contributed by atoms with Gasteiger partial charge >= 0.3 is 6.03 Å². The average Bonchev–Trinajstić information content (AvgIpc) is 3.50. The molecule has 0 saturated heterocycles. The molecule has 1 aromatic carbocycles. The standard InChI is InChI=1S/C19H21N3O3/c23-19(22-17(13-6-7-13)14-4-2-8-20-11-14)21-12-15-3-1-5-16-18(15)25-10-9-24-16/h1-5,8,11,13,17H,6-7,9-10,12H2,(H2,21,22,23). The number of carbonyl (C=O) groups is 1. The smallest absolute Gasteiger partial charge is 0.315 e. The van der Waals surface area contributed by atoms with Crippen molar-refractivity contribution in [3.05, 3.63) is 53.9 Å². The Kier molecular flexibility index (Phi) is 4.41. The van der Waals surface area contributed by atoms with Crippen LogP contribution in [0, 0.1) is 5.92 Å². The van der Waals surface area contributed by atoms with Crippen molar-refractivity contribution in [1.82, 2.24) is 15.6 Å². The lowest BCUT2D eigenvalue weighted by molar-refractivity contribution is 0.169. The maximum Gasteiger partial charge on any atom is 0.315 e. The van der Waals surface area contributed by atoms with Gasteiger partial charge in [-0.05, 0) is 36.5 Å². The van der Waals surface area contributed by atoms with E-state index in [0.29, 0.717) is 25.7 Å². The van der Waals surface area contributed by atoms with E-state index in [1.165, 1.54) is 0 Å². The lowest BCUT2D eigenvalue weighted by Gasteiger charge is -2.22. The highest BCUT2D eigenvalue weighted by Gasteiger charge is 2.33. The molecule has 1 saturated carbocycles. The van der Waals surface area contributed by atoms with Crippen molar-refractivity contribution in [2.75, 3.05) is 13.2 Å². The molecule has 2 aromatic rings. The normalized spacial score (nSPS) is 16.8. The molecule has 1 aromatic heterocycles. The second kappa shape index (κ2) is 7.01. The van der Waals surface area contributed by atoms with Crippen LogP contribution < -0.4 is 20.1 Å². The lowest BCUT2D eigenvalue weighted by Crippen LogP contribution is -2.38. The molecule has 2 aliphatic rings. The van der Waals surface area contributed by atoms with Crippen LogP contribution in [0.25, 0.3) is 0 Å². The number of ether oxygens (including phenoxy) is 2. The average molecular weight is 339 g/mol.